The quantitative estimate of drug-likeness (QED) is 0.219. The highest BCUT2D eigenvalue weighted by Gasteiger charge is 2.46. The monoisotopic (exact) mass is 418 g/mol. The minimum Gasteiger partial charge on any atom is -0.507 e. The molecule has 1 aromatic heterocycles. The maximum Gasteiger partial charge on any atom is 0.296 e. The summed E-state index contributed by atoms with van der Waals surface area (Å²) < 4.78 is 5.36. The lowest BCUT2D eigenvalue weighted by Gasteiger charge is -2.25. The molecule has 2 aromatic carbocycles. The van der Waals surface area contributed by atoms with Crippen LogP contribution in [0.5, 0.6) is 0 Å². The van der Waals surface area contributed by atoms with Crippen molar-refractivity contribution in [2.24, 2.45) is 0 Å². The minimum absolute atomic E-state index is 0.0492. The van der Waals surface area contributed by atoms with E-state index < -0.39 is 22.7 Å². The van der Waals surface area contributed by atoms with Gasteiger partial charge in [-0.25, -0.2) is 0 Å². The lowest BCUT2D eigenvalue weighted by Crippen LogP contribution is -2.29. The van der Waals surface area contributed by atoms with E-state index >= 15 is 0 Å². The number of aryl methyl sites for hydroxylation is 1. The van der Waals surface area contributed by atoms with E-state index in [0.717, 1.165) is 5.56 Å². The van der Waals surface area contributed by atoms with Gasteiger partial charge in [0.2, 0.25) is 0 Å². The molecular weight excluding hydrogens is 400 g/mol. The zero-order chi connectivity index (χ0) is 22.1. The Bertz CT molecular complexity index is 1200. The van der Waals surface area contributed by atoms with Crippen LogP contribution in [-0.2, 0) is 16.1 Å². The molecule has 0 spiro atoms. The number of benzene rings is 2. The van der Waals surface area contributed by atoms with Gasteiger partial charge in [0.15, 0.2) is 0 Å². The number of likely N-dealkylation sites (tertiary alicyclic amines) is 1. The molecule has 3 aromatic rings. The number of furan rings is 1. The number of hydrogen-bond donors (Lipinski definition) is 1. The Kier molecular flexibility index (Phi) is 5.12. The molecule has 1 aliphatic heterocycles. The van der Waals surface area contributed by atoms with Crippen molar-refractivity contribution >= 4 is 23.1 Å². The third-order valence-electron chi connectivity index (χ3n) is 5.28. The first-order valence-electron chi connectivity index (χ1n) is 9.49. The van der Waals surface area contributed by atoms with Gasteiger partial charge < -0.3 is 14.4 Å². The predicted octanol–water partition coefficient (Wildman–Crippen LogP) is 4.12. The maximum absolute atomic E-state index is 13.0. The Morgan fingerprint density at radius 2 is 1.81 bits per heavy atom. The summed E-state index contributed by atoms with van der Waals surface area (Å²) in [6.07, 6.45) is 1.48. The molecule has 0 aliphatic carbocycles. The molecule has 4 rings (SSSR count). The third-order valence-corrected chi connectivity index (χ3v) is 5.28. The average molecular weight is 418 g/mol. The van der Waals surface area contributed by atoms with Crippen molar-refractivity contribution in [1.29, 1.82) is 0 Å². The van der Waals surface area contributed by atoms with Crippen molar-refractivity contribution in [3.05, 3.63) is 105 Å². The van der Waals surface area contributed by atoms with E-state index in [1.165, 1.54) is 35.4 Å². The number of rotatable bonds is 5. The fourth-order valence-corrected chi connectivity index (χ4v) is 3.73. The van der Waals surface area contributed by atoms with Crippen LogP contribution in [0.15, 0.2) is 76.9 Å². The summed E-state index contributed by atoms with van der Waals surface area (Å²) in [4.78, 5) is 37.6. The van der Waals surface area contributed by atoms with Crippen LogP contribution in [0, 0.1) is 17.0 Å². The summed E-state index contributed by atoms with van der Waals surface area (Å²) in [5.41, 5.74) is 1.52. The standard InChI is InChI=1S/C23H18N2O6/c1-14-5-2-3-7-18(14)20-19(21(26)15-8-10-16(11-9-15)25(29)30)22(27)23(28)24(20)13-17-6-4-12-31-17/h2-12,20,26H,13H2,1H3/b21-19+. The van der Waals surface area contributed by atoms with Crippen LogP contribution in [0.2, 0.25) is 0 Å². The molecule has 31 heavy (non-hydrogen) atoms. The Hall–Kier alpha value is -4.20. The van der Waals surface area contributed by atoms with E-state index in [9.17, 15) is 24.8 Å². The van der Waals surface area contributed by atoms with E-state index in [2.05, 4.69) is 0 Å². The Morgan fingerprint density at radius 3 is 2.42 bits per heavy atom. The number of carbonyl (C=O) groups is 2. The van der Waals surface area contributed by atoms with Crippen LogP contribution in [0.3, 0.4) is 0 Å². The summed E-state index contributed by atoms with van der Waals surface area (Å²) in [5.74, 6) is -1.47. The second-order valence-corrected chi connectivity index (χ2v) is 7.17. The number of amides is 1. The summed E-state index contributed by atoms with van der Waals surface area (Å²) in [5, 5.41) is 21.9. The van der Waals surface area contributed by atoms with Crippen LogP contribution >= 0.6 is 0 Å². The number of nitro groups is 1. The Balaban J connectivity index is 1.86. The Labute approximate surface area is 177 Å². The molecule has 2 heterocycles. The van der Waals surface area contributed by atoms with Gasteiger partial charge in [-0.1, -0.05) is 24.3 Å². The molecule has 1 amide bonds. The lowest BCUT2D eigenvalue weighted by molar-refractivity contribution is -0.384. The zero-order valence-corrected chi connectivity index (χ0v) is 16.5. The van der Waals surface area contributed by atoms with E-state index in [4.69, 9.17) is 4.42 Å². The van der Waals surface area contributed by atoms with Crippen molar-refractivity contribution in [2.75, 3.05) is 0 Å². The fourth-order valence-electron chi connectivity index (χ4n) is 3.73. The number of hydrogen-bond acceptors (Lipinski definition) is 6. The van der Waals surface area contributed by atoms with Crippen LogP contribution in [0.25, 0.3) is 5.76 Å². The first-order chi connectivity index (χ1) is 14.9. The predicted molar refractivity (Wildman–Crippen MR) is 111 cm³/mol. The van der Waals surface area contributed by atoms with E-state index in [1.807, 2.05) is 19.1 Å². The molecular formula is C23H18N2O6. The number of aliphatic hydroxyl groups is 1. The molecule has 156 valence electrons. The summed E-state index contributed by atoms with van der Waals surface area (Å²) in [7, 11) is 0. The highest BCUT2D eigenvalue weighted by atomic mass is 16.6. The van der Waals surface area contributed by atoms with Crippen LogP contribution in [0.4, 0.5) is 5.69 Å². The number of nitro benzene ring substituents is 1. The second-order valence-electron chi connectivity index (χ2n) is 7.17. The van der Waals surface area contributed by atoms with Gasteiger partial charge in [0.1, 0.15) is 11.5 Å². The molecule has 1 aliphatic rings. The summed E-state index contributed by atoms with van der Waals surface area (Å²) in [6.45, 7) is 1.90. The first-order valence-corrected chi connectivity index (χ1v) is 9.49. The number of non-ortho nitro benzene ring substituents is 1. The molecule has 8 heteroatoms. The number of carbonyl (C=O) groups excluding carboxylic acids is 2. The maximum atomic E-state index is 13.0. The highest BCUT2D eigenvalue weighted by molar-refractivity contribution is 6.46. The van der Waals surface area contributed by atoms with Crippen LogP contribution < -0.4 is 0 Å². The van der Waals surface area contributed by atoms with Gasteiger partial charge in [0.05, 0.1) is 29.3 Å². The number of aliphatic hydroxyl groups excluding tert-OH is 1. The molecule has 1 N–H and O–H groups in total. The smallest absolute Gasteiger partial charge is 0.296 e. The number of nitrogens with zero attached hydrogens (tertiary/aromatic N) is 2. The van der Waals surface area contributed by atoms with Crippen molar-refractivity contribution < 1.29 is 24.0 Å². The normalized spacial score (nSPS) is 17.8. The molecule has 0 saturated carbocycles. The van der Waals surface area contributed by atoms with Crippen molar-refractivity contribution in [3.8, 4) is 0 Å². The molecule has 1 atom stereocenters. The number of Topliss-reactive ketones (excluding diaryl/α,β-unsaturated/α-hetero) is 1. The third kappa shape index (κ3) is 3.59. The molecule has 1 saturated heterocycles. The van der Waals surface area contributed by atoms with E-state index in [-0.39, 0.29) is 29.1 Å². The zero-order valence-electron chi connectivity index (χ0n) is 16.5. The topological polar surface area (TPSA) is 114 Å². The molecule has 0 radical (unpaired) electrons. The van der Waals surface area contributed by atoms with Crippen molar-refractivity contribution in [2.45, 2.75) is 19.5 Å². The molecule has 0 bridgehead atoms. The largest absolute Gasteiger partial charge is 0.507 e. The minimum atomic E-state index is -0.832. The summed E-state index contributed by atoms with van der Waals surface area (Å²) >= 11 is 0. The van der Waals surface area contributed by atoms with Crippen LogP contribution in [-0.4, -0.2) is 26.6 Å². The van der Waals surface area contributed by atoms with Crippen molar-refractivity contribution in [3.63, 3.8) is 0 Å². The van der Waals surface area contributed by atoms with Gasteiger partial charge >= 0.3 is 0 Å². The first kappa shape index (κ1) is 20.1. The van der Waals surface area contributed by atoms with Crippen molar-refractivity contribution in [1.82, 2.24) is 4.90 Å². The fraction of sp³-hybridized carbons (Fsp3) is 0.130. The van der Waals surface area contributed by atoms with Gasteiger partial charge in [-0.15, -0.1) is 0 Å². The van der Waals surface area contributed by atoms with Gasteiger partial charge in [-0.3, -0.25) is 19.7 Å². The molecule has 8 nitrogen and oxygen atoms in total. The lowest BCUT2D eigenvalue weighted by atomic mass is 9.92. The highest BCUT2D eigenvalue weighted by Crippen LogP contribution is 2.41. The molecule has 1 fully saturated rings. The molecule has 1 unspecified atom stereocenters. The second kappa shape index (κ2) is 7.91. The SMILES string of the molecule is Cc1ccccc1C1/C(=C(\O)c2ccc([N+](=O)[O-])cc2)C(=O)C(=O)N1Cc1ccco1. The van der Waals surface area contributed by atoms with Gasteiger partial charge in [0, 0.05) is 17.7 Å². The van der Waals surface area contributed by atoms with E-state index in [1.54, 1.807) is 24.3 Å². The van der Waals surface area contributed by atoms with Gasteiger partial charge in [-0.2, -0.15) is 0 Å². The van der Waals surface area contributed by atoms with E-state index in [0.29, 0.717) is 11.3 Å². The van der Waals surface area contributed by atoms with Gasteiger partial charge in [0.25, 0.3) is 17.4 Å². The van der Waals surface area contributed by atoms with Gasteiger partial charge in [-0.05, 0) is 42.3 Å². The summed E-state index contributed by atoms with van der Waals surface area (Å²) in [6, 6.07) is 15.0. The average Bonchev–Trinajstić information content (AvgIpc) is 3.36. The van der Waals surface area contributed by atoms with Crippen LogP contribution in [0.1, 0.15) is 28.5 Å². The number of ketones is 1. The Morgan fingerprint density at radius 1 is 1.10 bits per heavy atom.